The third-order valence-electron chi connectivity index (χ3n) is 2.99. The van der Waals surface area contributed by atoms with Crippen LogP contribution < -0.4 is 26.1 Å². The largest absolute Gasteiger partial charge is 0.454 e. The number of nitrogens with zero attached hydrogens (tertiary/aromatic N) is 1. The van der Waals surface area contributed by atoms with Crippen molar-refractivity contribution in [2.24, 2.45) is 5.84 Å². The number of nitrogens with two attached hydrogens (primary N) is 1. The van der Waals surface area contributed by atoms with Crippen molar-refractivity contribution in [2.75, 3.05) is 17.5 Å². The van der Waals surface area contributed by atoms with E-state index in [0.29, 0.717) is 34.3 Å². The van der Waals surface area contributed by atoms with Crippen molar-refractivity contribution >= 4 is 17.4 Å². The van der Waals surface area contributed by atoms with Gasteiger partial charge in [-0.3, -0.25) is 4.79 Å². The minimum absolute atomic E-state index is 0.196. The van der Waals surface area contributed by atoms with E-state index in [-0.39, 0.29) is 12.7 Å². The maximum atomic E-state index is 12.3. The maximum absolute atomic E-state index is 12.3. The zero-order valence-corrected chi connectivity index (χ0v) is 11.3. The molecule has 0 spiro atoms. The number of benzene rings is 1. The third-order valence-corrected chi connectivity index (χ3v) is 2.99. The van der Waals surface area contributed by atoms with Gasteiger partial charge in [-0.15, -0.1) is 0 Å². The molecule has 7 nitrogen and oxygen atoms in total. The van der Waals surface area contributed by atoms with Crippen LogP contribution in [0.2, 0.25) is 0 Å². The van der Waals surface area contributed by atoms with Crippen LogP contribution in [-0.2, 0) is 0 Å². The first kappa shape index (κ1) is 13.2. The number of amides is 1. The van der Waals surface area contributed by atoms with E-state index < -0.39 is 0 Å². The number of aryl methyl sites for hydroxylation is 1. The second-order valence-corrected chi connectivity index (χ2v) is 4.55. The first-order chi connectivity index (χ1) is 10.2. The molecule has 0 unspecified atom stereocenters. The molecule has 2 aromatic rings. The summed E-state index contributed by atoms with van der Waals surface area (Å²) in [6, 6.07) is 8.49. The Morgan fingerprint density at radius 3 is 2.86 bits per heavy atom. The van der Waals surface area contributed by atoms with Gasteiger partial charge in [-0.05, 0) is 31.2 Å². The molecule has 1 aromatic carbocycles. The molecule has 0 radical (unpaired) electrons. The monoisotopic (exact) mass is 286 g/mol. The van der Waals surface area contributed by atoms with Crippen LogP contribution in [0.3, 0.4) is 0 Å². The fraction of sp³-hybridized carbons (Fsp3) is 0.143. The molecule has 1 aliphatic rings. The highest BCUT2D eigenvalue weighted by molar-refractivity contribution is 6.04. The summed E-state index contributed by atoms with van der Waals surface area (Å²) in [7, 11) is 0. The average Bonchev–Trinajstić information content (AvgIpc) is 2.94. The van der Waals surface area contributed by atoms with Crippen molar-refractivity contribution in [1.29, 1.82) is 0 Å². The summed E-state index contributed by atoms with van der Waals surface area (Å²) < 4.78 is 10.5. The van der Waals surface area contributed by atoms with Crippen molar-refractivity contribution in [3.8, 4) is 11.5 Å². The lowest BCUT2D eigenvalue weighted by Crippen LogP contribution is -2.15. The van der Waals surface area contributed by atoms with Gasteiger partial charge in [0.15, 0.2) is 11.5 Å². The molecule has 1 amide bonds. The number of hydrazine groups is 1. The van der Waals surface area contributed by atoms with Crippen molar-refractivity contribution in [3.05, 3.63) is 41.6 Å². The van der Waals surface area contributed by atoms with Gasteiger partial charge < -0.3 is 20.2 Å². The summed E-state index contributed by atoms with van der Waals surface area (Å²) in [5.74, 6) is 6.79. The number of hydrogen-bond donors (Lipinski definition) is 3. The van der Waals surface area contributed by atoms with Gasteiger partial charge in [-0.25, -0.2) is 10.8 Å². The van der Waals surface area contributed by atoms with Gasteiger partial charge in [-0.2, -0.15) is 0 Å². The van der Waals surface area contributed by atoms with E-state index in [2.05, 4.69) is 15.7 Å². The first-order valence-electron chi connectivity index (χ1n) is 6.32. The average molecular weight is 286 g/mol. The minimum atomic E-state index is -0.254. The molecule has 2 heterocycles. The molecule has 21 heavy (non-hydrogen) atoms. The zero-order chi connectivity index (χ0) is 14.8. The fourth-order valence-electron chi connectivity index (χ4n) is 2.05. The number of rotatable bonds is 3. The highest BCUT2D eigenvalue weighted by Gasteiger charge is 2.15. The maximum Gasteiger partial charge on any atom is 0.255 e. The number of carbonyl (C=O) groups is 1. The number of carbonyl (C=O) groups excluding carboxylic acids is 1. The Kier molecular flexibility index (Phi) is 3.33. The van der Waals surface area contributed by atoms with Crippen LogP contribution in [0.15, 0.2) is 30.3 Å². The number of nitrogen functional groups attached to an aromatic ring is 1. The quantitative estimate of drug-likeness (QED) is 0.586. The molecular weight excluding hydrogens is 272 g/mol. The molecule has 108 valence electrons. The van der Waals surface area contributed by atoms with Crippen molar-refractivity contribution in [1.82, 2.24) is 4.98 Å². The number of anilines is 2. The lowest BCUT2D eigenvalue weighted by atomic mass is 10.2. The Balaban J connectivity index is 1.81. The molecular formula is C14H14N4O3. The third kappa shape index (κ3) is 2.72. The summed E-state index contributed by atoms with van der Waals surface area (Å²) in [5.41, 5.74) is 4.22. The molecule has 4 N–H and O–H groups in total. The number of fused-ring (bicyclic) bond motifs is 1. The van der Waals surface area contributed by atoms with Gasteiger partial charge in [0.25, 0.3) is 5.91 Å². The number of ether oxygens (including phenoxy) is 2. The van der Waals surface area contributed by atoms with Crippen LogP contribution in [0.5, 0.6) is 11.5 Å². The van der Waals surface area contributed by atoms with Crippen molar-refractivity contribution in [3.63, 3.8) is 0 Å². The van der Waals surface area contributed by atoms with Gasteiger partial charge in [0, 0.05) is 23.0 Å². The van der Waals surface area contributed by atoms with Gasteiger partial charge >= 0.3 is 0 Å². The Bertz CT molecular complexity index is 703. The van der Waals surface area contributed by atoms with Gasteiger partial charge in [0.1, 0.15) is 5.82 Å². The minimum Gasteiger partial charge on any atom is -0.454 e. The van der Waals surface area contributed by atoms with E-state index in [1.54, 1.807) is 37.3 Å². The van der Waals surface area contributed by atoms with Crippen LogP contribution in [0.1, 0.15) is 16.1 Å². The van der Waals surface area contributed by atoms with E-state index in [1.807, 2.05) is 0 Å². The van der Waals surface area contributed by atoms with E-state index in [4.69, 9.17) is 15.3 Å². The number of nitrogens with one attached hydrogen (secondary N) is 2. The molecule has 0 aliphatic carbocycles. The van der Waals surface area contributed by atoms with E-state index in [1.165, 1.54) is 0 Å². The highest BCUT2D eigenvalue weighted by atomic mass is 16.7. The zero-order valence-electron chi connectivity index (χ0n) is 11.3. The van der Waals surface area contributed by atoms with Gasteiger partial charge in [-0.1, -0.05) is 0 Å². The van der Waals surface area contributed by atoms with Crippen molar-refractivity contribution in [2.45, 2.75) is 6.92 Å². The molecule has 3 rings (SSSR count). The molecule has 1 aromatic heterocycles. The Hall–Kier alpha value is -2.80. The lowest BCUT2D eigenvalue weighted by Gasteiger charge is -2.08. The second kappa shape index (κ2) is 5.29. The standard InChI is InChI=1S/C14H14N4O3/c1-8-4-9(5-13(16-8)18-15)14(19)17-10-2-3-11-12(6-10)21-7-20-11/h2-6H,7,15H2,1H3,(H,16,18)(H,17,19). The second-order valence-electron chi connectivity index (χ2n) is 4.55. The van der Waals surface area contributed by atoms with Crippen molar-refractivity contribution < 1.29 is 14.3 Å². The summed E-state index contributed by atoms with van der Waals surface area (Å²) in [4.78, 5) is 16.4. The van der Waals surface area contributed by atoms with Crippen LogP contribution in [0.4, 0.5) is 11.5 Å². The van der Waals surface area contributed by atoms with E-state index in [9.17, 15) is 4.79 Å². The molecule has 0 saturated heterocycles. The van der Waals surface area contributed by atoms with Crippen LogP contribution in [0, 0.1) is 6.92 Å². The summed E-state index contributed by atoms with van der Waals surface area (Å²) in [5, 5.41) is 2.80. The van der Waals surface area contributed by atoms with Gasteiger partial charge in [0.2, 0.25) is 6.79 Å². The van der Waals surface area contributed by atoms with E-state index in [0.717, 1.165) is 0 Å². The summed E-state index contributed by atoms with van der Waals surface area (Å²) in [6.07, 6.45) is 0. The topological polar surface area (TPSA) is 98.5 Å². The molecule has 7 heteroatoms. The molecule has 0 atom stereocenters. The van der Waals surface area contributed by atoms with Crippen LogP contribution >= 0.6 is 0 Å². The number of hydrogen-bond acceptors (Lipinski definition) is 6. The van der Waals surface area contributed by atoms with Crippen LogP contribution in [0.25, 0.3) is 0 Å². The normalized spacial score (nSPS) is 12.1. The Labute approximate surface area is 121 Å². The van der Waals surface area contributed by atoms with Crippen LogP contribution in [-0.4, -0.2) is 17.7 Å². The van der Waals surface area contributed by atoms with Gasteiger partial charge in [0.05, 0.1) is 0 Å². The highest BCUT2D eigenvalue weighted by Crippen LogP contribution is 2.34. The SMILES string of the molecule is Cc1cc(C(=O)Nc2ccc3c(c2)OCO3)cc(NN)n1. The molecule has 0 saturated carbocycles. The molecule has 0 fully saturated rings. The summed E-state index contributed by atoms with van der Waals surface area (Å²) >= 11 is 0. The smallest absolute Gasteiger partial charge is 0.255 e. The summed E-state index contributed by atoms with van der Waals surface area (Å²) in [6.45, 7) is 1.99. The molecule has 0 bridgehead atoms. The Morgan fingerprint density at radius 1 is 1.24 bits per heavy atom. The predicted molar refractivity (Wildman–Crippen MR) is 77.3 cm³/mol. The van der Waals surface area contributed by atoms with E-state index >= 15 is 0 Å². The number of pyridine rings is 1. The number of aromatic nitrogens is 1. The first-order valence-corrected chi connectivity index (χ1v) is 6.32. The molecule has 1 aliphatic heterocycles. The Morgan fingerprint density at radius 2 is 2.05 bits per heavy atom. The lowest BCUT2D eigenvalue weighted by molar-refractivity contribution is 0.102. The fourth-order valence-corrected chi connectivity index (χ4v) is 2.05. The predicted octanol–water partition coefficient (Wildman–Crippen LogP) is 1.66.